The van der Waals surface area contributed by atoms with Crippen molar-refractivity contribution in [3.8, 4) is 0 Å². The Hall–Kier alpha value is -2.90. The molecular weight excluding hydrogens is 359 g/mol. The Morgan fingerprint density at radius 1 is 1.04 bits per heavy atom. The number of alkyl halides is 3. The number of nitrogens with zero attached hydrogens (tertiary/aromatic N) is 1. The number of aryl methyl sites for hydroxylation is 1. The molecule has 1 aromatic heterocycles. The molecule has 0 aliphatic carbocycles. The van der Waals surface area contributed by atoms with Gasteiger partial charge in [-0.25, -0.2) is 4.98 Å². The van der Waals surface area contributed by atoms with E-state index in [0.717, 1.165) is 12.1 Å². The van der Waals surface area contributed by atoms with E-state index in [9.17, 15) is 22.8 Å². The number of hydrogen-bond acceptors (Lipinski definition) is 3. The summed E-state index contributed by atoms with van der Waals surface area (Å²) in [5.41, 5.74) is -0.582. The molecule has 0 unspecified atom stereocenters. The number of para-hydroxylation sites is 1. The first-order valence-electron chi connectivity index (χ1n) is 8.33. The molecule has 0 radical (unpaired) electrons. The lowest BCUT2D eigenvalue weighted by molar-refractivity contribution is -0.141. The van der Waals surface area contributed by atoms with Gasteiger partial charge in [-0.15, -0.1) is 0 Å². The van der Waals surface area contributed by atoms with Gasteiger partial charge in [0.2, 0.25) is 0 Å². The second-order valence-electron chi connectivity index (χ2n) is 6.43. The van der Waals surface area contributed by atoms with Crippen molar-refractivity contribution < 1.29 is 22.8 Å². The highest BCUT2D eigenvalue weighted by atomic mass is 19.4. The van der Waals surface area contributed by atoms with Gasteiger partial charge in [-0.1, -0.05) is 26.0 Å². The lowest BCUT2D eigenvalue weighted by atomic mass is 10.1. The summed E-state index contributed by atoms with van der Waals surface area (Å²) in [5, 5.41) is 5.33. The molecule has 27 heavy (non-hydrogen) atoms. The van der Waals surface area contributed by atoms with Crippen LogP contribution in [0.1, 0.15) is 46.0 Å². The number of nitrogens with one attached hydrogen (secondary N) is 2. The van der Waals surface area contributed by atoms with E-state index in [1.165, 1.54) is 6.92 Å². The first-order chi connectivity index (χ1) is 12.6. The van der Waals surface area contributed by atoms with Crippen LogP contribution in [0.25, 0.3) is 0 Å². The van der Waals surface area contributed by atoms with E-state index in [4.69, 9.17) is 0 Å². The predicted octanol–water partition coefficient (Wildman–Crippen LogP) is 4.05. The van der Waals surface area contributed by atoms with Crippen LogP contribution in [0.3, 0.4) is 0 Å². The average molecular weight is 379 g/mol. The van der Waals surface area contributed by atoms with Crippen molar-refractivity contribution >= 4 is 17.5 Å². The van der Waals surface area contributed by atoms with Crippen LogP contribution >= 0.6 is 0 Å². The third-order valence-electron chi connectivity index (χ3n) is 3.71. The fourth-order valence-corrected chi connectivity index (χ4v) is 2.33. The molecule has 5 nitrogen and oxygen atoms in total. The van der Waals surface area contributed by atoms with Gasteiger partial charge in [0, 0.05) is 6.54 Å². The van der Waals surface area contributed by atoms with Crippen molar-refractivity contribution in [2.75, 3.05) is 11.9 Å². The Morgan fingerprint density at radius 2 is 1.70 bits per heavy atom. The summed E-state index contributed by atoms with van der Waals surface area (Å²) in [6, 6.07) is 8.24. The van der Waals surface area contributed by atoms with Gasteiger partial charge in [0.1, 0.15) is 5.69 Å². The van der Waals surface area contributed by atoms with Crippen molar-refractivity contribution in [1.82, 2.24) is 10.3 Å². The van der Waals surface area contributed by atoms with Gasteiger partial charge < -0.3 is 10.6 Å². The molecule has 2 aromatic rings. The highest BCUT2D eigenvalue weighted by molar-refractivity contribution is 6.09. The van der Waals surface area contributed by atoms with E-state index in [2.05, 4.69) is 15.6 Å². The summed E-state index contributed by atoms with van der Waals surface area (Å²) < 4.78 is 38.1. The molecule has 8 heteroatoms. The van der Waals surface area contributed by atoms with Crippen molar-refractivity contribution in [2.24, 2.45) is 5.92 Å². The number of rotatable bonds is 5. The molecule has 0 atom stereocenters. The average Bonchev–Trinajstić information content (AvgIpc) is 2.59. The first kappa shape index (κ1) is 20.4. The molecule has 0 aliphatic heterocycles. The molecular formula is C19H20F3N3O2. The van der Waals surface area contributed by atoms with Crippen molar-refractivity contribution in [2.45, 2.75) is 26.9 Å². The fraction of sp³-hybridized carbons (Fsp3) is 0.316. The summed E-state index contributed by atoms with van der Waals surface area (Å²) in [6.45, 7) is 5.71. The lowest BCUT2D eigenvalue weighted by Gasteiger charge is -2.14. The molecule has 1 aromatic carbocycles. The van der Waals surface area contributed by atoms with Crippen LogP contribution in [0, 0.1) is 12.8 Å². The van der Waals surface area contributed by atoms with E-state index in [-0.39, 0.29) is 34.3 Å². The number of halogens is 3. The van der Waals surface area contributed by atoms with Crippen LogP contribution in [0.15, 0.2) is 36.4 Å². The van der Waals surface area contributed by atoms with Gasteiger partial charge >= 0.3 is 6.18 Å². The zero-order valence-electron chi connectivity index (χ0n) is 15.1. The van der Waals surface area contributed by atoms with E-state index in [1.807, 2.05) is 13.8 Å². The molecule has 0 saturated heterocycles. The maximum absolute atomic E-state index is 12.7. The zero-order valence-corrected chi connectivity index (χ0v) is 15.1. The molecule has 0 bridgehead atoms. The number of aromatic nitrogens is 1. The van der Waals surface area contributed by atoms with E-state index < -0.39 is 17.8 Å². The minimum atomic E-state index is -4.58. The Labute approximate surface area is 155 Å². The van der Waals surface area contributed by atoms with Crippen LogP contribution in [0.5, 0.6) is 0 Å². The quantitative estimate of drug-likeness (QED) is 0.823. The number of anilines is 1. The SMILES string of the molecule is Cc1nc(C(F)(F)F)ccc1C(=O)Nc1ccccc1C(=O)NCC(C)C. The zero-order chi connectivity index (χ0) is 20.2. The number of benzene rings is 1. The van der Waals surface area contributed by atoms with Crippen LogP contribution in [-0.4, -0.2) is 23.3 Å². The summed E-state index contributed by atoms with van der Waals surface area (Å²) in [4.78, 5) is 28.2. The summed E-state index contributed by atoms with van der Waals surface area (Å²) in [6.07, 6.45) is -4.58. The topological polar surface area (TPSA) is 71.1 Å². The molecule has 0 saturated carbocycles. The third-order valence-corrected chi connectivity index (χ3v) is 3.71. The van der Waals surface area contributed by atoms with Gasteiger partial charge in [-0.05, 0) is 37.1 Å². The molecule has 0 aliphatic rings. The summed E-state index contributed by atoms with van der Waals surface area (Å²) in [5.74, 6) is -0.726. The monoisotopic (exact) mass is 379 g/mol. The Morgan fingerprint density at radius 3 is 2.30 bits per heavy atom. The Bertz CT molecular complexity index is 848. The number of carbonyl (C=O) groups excluding carboxylic acids is 2. The highest BCUT2D eigenvalue weighted by Gasteiger charge is 2.33. The molecule has 0 spiro atoms. The van der Waals surface area contributed by atoms with Gasteiger partial charge in [0.05, 0.1) is 22.5 Å². The Balaban J connectivity index is 2.23. The second-order valence-corrected chi connectivity index (χ2v) is 6.43. The minimum absolute atomic E-state index is 0.000363. The fourth-order valence-electron chi connectivity index (χ4n) is 2.33. The second kappa shape index (κ2) is 8.20. The molecule has 2 amide bonds. The van der Waals surface area contributed by atoms with Gasteiger partial charge in [-0.2, -0.15) is 13.2 Å². The van der Waals surface area contributed by atoms with Crippen molar-refractivity contribution in [1.29, 1.82) is 0 Å². The molecule has 144 valence electrons. The maximum atomic E-state index is 12.7. The van der Waals surface area contributed by atoms with Crippen molar-refractivity contribution in [3.63, 3.8) is 0 Å². The van der Waals surface area contributed by atoms with E-state index in [1.54, 1.807) is 24.3 Å². The third kappa shape index (κ3) is 5.29. The molecule has 0 fully saturated rings. The van der Waals surface area contributed by atoms with E-state index in [0.29, 0.717) is 6.54 Å². The number of amides is 2. The molecule has 2 N–H and O–H groups in total. The summed E-state index contributed by atoms with van der Waals surface area (Å²) in [7, 11) is 0. The normalized spacial score (nSPS) is 11.4. The van der Waals surface area contributed by atoms with Gasteiger partial charge in [-0.3, -0.25) is 9.59 Å². The van der Waals surface area contributed by atoms with Crippen LogP contribution in [0.2, 0.25) is 0 Å². The molecule has 1 heterocycles. The maximum Gasteiger partial charge on any atom is 0.433 e. The highest BCUT2D eigenvalue weighted by Crippen LogP contribution is 2.28. The standard InChI is InChI=1S/C19H20F3N3O2/c1-11(2)10-23-17(26)14-6-4-5-7-15(14)25-18(27)13-8-9-16(19(20,21)22)24-12(13)3/h4-9,11H,10H2,1-3H3,(H,23,26)(H,25,27). The number of hydrogen-bond donors (Lipinski definition) is 2. The van der Waals surface area contributed by atoms with Gasteiger partial charge in [0.15, 0.2) is 0 Å². The van der Waals surface area contributed by atoms with E-state index >= 15 is 0 Å². The van der Waals surface area contributed by atoms with Crippen LogP contribution < -0.4 is 10.6 Å². The lowest BCUT2D eigenvalue weighted by Crippen LogP contribution is -2.28. The first-order valence-corrected chi connectivity index (χ1v) is 8.33. The van der Waals surface area contributed by atoms with Crippen molar-refractivity contribution in [3.05, 3.63) is 58.9 Å². The molecule has 2 rings (SSSR count). The smallest absolute Gasteiger partial charge is 0.352 e. The minimum Gasteiger partial charge on any atom is -0.352 e. The summed E-state index contributed by atoms with van der Waals surface area (Å²) >= 11 is 0. The van der Waals surface area contributed by atoms with Crippen LogP contribution in [0.4, 0.5) is 18.9 Å². The number of carbonyl (C=O) groups is 2. The Kier molecular flexibility index (Phi) is 6.20. The predicted molar refractivity (Wildman–Crippen MR) is 95.5 cm³/mol. The largest absolute Gasteiger partial charge is 0.433 e. The number of pyridine rings is 1. The van der Waals surface area contributed by atoms with Gasteiger partial charge in [0.25, 0.3) is 11.8 Å². The van der Waals surface area contributed by atoms with Crippen LogP contribution in [-0.2, 0) is 6.18 Å².